The van der Waals surface area contributed by atoms with Crippen LogP contribution in [-0.4, -0.2) is 49.3 Å². The summed E-state index contributed by atoms with van der Waals surface area (Å²) >= 11 is 0. The summed E-state index contributed by atoms with van der Waals surface area (Å²) in [6.07, 6.45) is 1.85. The molecule has 2 saturated heterocycles. The normalized spacial score (nSPS) is 45.5. The Balaban J connectivity index is 2.22. The van der Waals surface area contributed by atoms with E-state index in [0.29, 0.717) is 13.0 Å². The molecule has 0 bridgehead atoms. The maximum Gasteiger partial charge on any atom is 0.153 e. The molecule has 5 nitrogen and oxygen atoms in total. The highest BCUT2D eigenvalue weighted by Gasteiger charge is 2.54. The van der Waals surface area contributed by atoms with E-state index in [4.69, 9.17) is 5.73 Å². The summed E-state index contributed by atoms with van der Waals surface area (Å²) in [6.45, 7) is 1.39. The molecule has 0 aromatic rings. The lowest BCUT2D eigenvalue weighted by Crippen LogP contribution is -2.67. The van der Waals surface area contributed by atoms with Gasteiger partial charge in [0, 0.05) is 6.54 Å². The molecule has 0 saturated carbocycles. The van der Waals surface area contributed by atoms with E-state index in [1.165, 1.54) is 0 Å². The highest BCUT2D eigenvalue weighted by Crippen LogP contribution is 2.35. The Morgan fingerprint density at radius 3 is 2.53 bits per heavy atom. The van der Waals surface area contributed by atoms with Crippen molar-refractivity contribution in [3.8, 4) is 0 Å². The van der Waals surface area contributed by atoms with E-state index in [9.17, 15) is 13.5 Å². The van der Waals surface area contributed by atoms with Crippen molar-refractivity contribution in [2.75, 3.05) is 24.6 Å². The van der Waals surface area contributed by atoms with Crippen molar-refractivity contribution in [2.24, 2.45) is 5.73 Å². The molecule has 4 N–H and O–H groups in total. The number of nitrogens with two attached hydrogens (primary N) is 1. The Hall–Kier alpha value is -0.170. The van der Waals surface area contributed by atoms with Gasteiger partial charge in [0.05, 0.1) is 22.6 Å². The number of rotatable bonds is 1. The molecule has 2 fully saturated rings. The molecule has 0 aliphatic carbocycles. The van der Waals surface area contributed by atoms with Crippen LogP contribution in [0, 0.1) is 0 Å². The first-order chi connectivity index (χ1) is 6.87. The molecular formula is C9H18N2O3S. The largest absolute Gasteiger partial charge is 0.387 e. The zero-order valence-electron chi connectivity index (χ0n) is 8.70. The van der Waals surface area contributed by atoms with Crippen LogP contribution in [0.5, 0.6) is 0 Å². The number of sulfone groups is 1. The molecule has 2 unspecified atom stereocenters. The van der Waals surface area contributed by atoms with Gasteiger partial charge in [0.1, 0.15) is 0 Å². The molecule has 0 radical (unpaired) electrons. The second kappa shape index (κ2) is 3.41. The molecule has 2 aliphatic heterocycles. The standard InChI is InChI=1S/C9H18N2O3S/c10-8(2-1-4-11-6-8)9(12)3-5-15(13,14)7-9/h11-12H,1-7,10H2. The monoisotopic (exact) mass is 234 g/mol. The Bertz CT molecular complexity index is 348. The van der Waals surface area contributed by atoms with Crippen LogP contribution in [0.2, 0.25) is 0 Å². The summed E-state index contributed by atoms with van der Waals surface area (Å²) < 4.78 is 22.8. The number of aliphatic hydroxyl groups is 1. The molecule has 0 aromatic heterocycles. The SMILES string of the molecule is NC1(C2(O)CCS(=O)(=O)C2)CCCNC1. The third kappa shape index (κ3) is 1.91. The summed E-state index contributed by atoms with van der Waals surface area (Å²) in [6, 6.07) is 0. The van der Waals surface area contributed by atoms with Gasteiger partial charge in [-0.2, -0.15) is 0 Å². The van der Waals surface area contributed by atoms with Gasteiger partial charge in [0.25, 0.3) is 0 Å². The molecule has 2 aliphatic rings. The van der Waals surface area contributed by atoms with Crippen LogP contribution in [0.1, 0.15) is 19.3 Å². The Kier molecular flexibility index (Phi) is 2.57. The quantitative estimate of drug-likeness (QED) is 0.520. The lowest BCUT2D eigenvalue weighted by molar-refractivity contribution is -0.0234. The van der Waals surface area contributed by atoms with Crippen molar-refractivity contribution in [2.45, 2.75) is 30.4 Å². The molecule has 0 spiro atoms. The van der Waals surface area contributed by atoms with Gasteiger partial charge in [-0.1, -0.05) is 0 Å². The van der Waals surface area contributed by atoms with E-state index in [-0.39, 0.29) is 17.9 Å². The van der Waals surface area contributed by atoms with Gasteiger partial charge in [0.2, 0.25) is 0 Å². The zero-order valence-corrected chi connectivity index (χ0v) is 9.52. The third-order valence-electron chi connectivity index (χ3n) is 3.63. The van der Waals surface area contributed by atoms with Crippen molar-refractivity contribution in [3.63, 3.8) is 0 Å². The first kappa shape index (κ1) is 11.3. The Morgan fingerprint density at radius 1 is 1.33 bits per heavy atom. The summed E-state index contributed by atoms with van der Waals surface area (Å²) in [5, 5.41) is 13.5. The van der Waals surface area contributed by atoms with E-state index in [2.05, 4.69) is 5.32 Å². The number of hydrogen-bond donors (Lipinski definition) is 3. The fourth-order valence-corrected chi connectivity index (χ4v) is 4.50. The highest BCUT2D eigenvalue weighted by atomic mass is 32.2. The lowest BCUT2D eigenvalue weighted by atomic mass is 9.75. The predicted octanol–water partition coefficient (Wildman–Crippen LogP) is -1.38. The van der Waals surface area contributed by atoms with Crippen LogP contribution in [0.4, 0.5) is 0 Å². The molecule has 0 aromatic carbocycles. The minimum absolute atomic E-state index is 0.0580. The van der Waals surface area contributed by atoms with Crippen molar-refractivity contribution >= 4 is 9.84 Å². The van der Waals surface area contributed by atoms with Crippen LogP contribution in [0.3, 0.4) is 0 Å². The van der Waals surface area contributed by atoms with Crippen LogP contribution in [0.25, 0.3) is 0 Å². The van der Waals surface area contributed by atoms with E-state index >= 15 is 0 Å². The number of hydrogen-bond acceptors (Lipinski definition) is 5. The van der Waals surface area contributed by atoms with Crippen LogP contribution < -0.4 is 11.1 Å². The minimum atomic E-state index is -3.10. The Labute approximate surface area is 90.0 Å². The first-order valence-electron chi connectivity index (χ1n) is 5.29. The van der Waals surface area contributed by atoms with Crippen LogP contribution in [-0.2, 0) is 9.84 Å². The second-order valence-corrected chi connectivity index (χ2v) is 6.99. The van der Waals surface area contributed by atoms with Crippen LogP contribution >= 0.6 is 0 Å². The molecule has 88 valence electrons. The molecular weight excluding hydrogens is 216 g/mol. The van der Waals surface area contributed by atoms with Crippen molar-refractivity contribution in [1.29, 1.82) is 0 Å². The number of piperidine rings is 1. The molecule has 0 amide bonds. The fraction of sp³-hybridized carbons (Fsp3) is 1.00. The van der Waals surface area contributed by atoms with E-state index in [0.717, 1.165) is 13.0 Å². The van der Waals surface area contributed by atoms with Gasteiger partial charge in [0.15, 0.2) is 9.84 Å². The fourth-order valence-electron chi connectivity index (χ4n) is 2.55. The first-order valence-corrected chi connectivity index (χ1v) is 7.12. The zero-order chi connectivity index (χ0) is 11.2. The molecule has 6 heteroatoms. The van der Waals surface area contributed by atoms with Crippen molar-refractivity contribution in [3.05, 3.63) is 0 Å². The van der Waals surface area contributed by atoms with Gasteiger partial charge in [-0.05, 0) is 25.8 Å². The van der Waals surface area contributed by atoms with Crippen LogP contribution in [0.15, 0.2) is 0 Å². The summed E-state index contributed by atoms with van der Waals surface area (Å²) in [7, 11) is -3.10. The van der Waals surface area contributed by atoms with E-state index in [1.807, 2.05) is 0 Å². The molecule has 2 atom stereocenters. The summed E-state index contributed by atoms with van der Waals surface area (Å²) in [5.41, 5.74) is 4.12. The van der Waals surface area contributed by atoms with Crippen molar-refractivity contribution in [1.82, 2.24) is 5.32 Å². The lowest BCUT2D eigenvalue weighted by Gasteiger charge is -2.44. The average molecular weight is 234 g/mol. The van der Waals surface area contributed by atoms with Gasteiger partial charge >= 0.3 is 0 Å². The van der Waals surface area contributed by atoms with Gasteiger partial charge in [-0.3, -0.25) is 0 Å². The maximum absolute atomic E-state index is 11.4. The summed E-state index contributed by atoms with van der Waals surface area (Å²) in [4.78, 5) is 0. The Morgan fingerprint density at radius 2 is 2.07 bits per heavy atom. The van der Waals surface area contributed by atoms with Gasteiger partial charge in [-0.25, -0.2) is 8.42 Å². The minimum Gasteiger partial charge on any atom is -0.387 e. The van der Waals surface area contributed by atoms with Gasteiger partial charge < -0.3 is 16.2 Å². The predicted molar refractivity (Wildman–Crippen MR) is 57.2 cm³/mol. The summed E-state index contributed by atoms with van der Waals surface area (Å²) in [5.74, 6) is -0.124. The van der Waals surface area contributed by atoms with Crippen molar-refractivity contribution < 1.29 is 13.5 Å². The number of nitrogens with one attached hydrogen (secondary N) is 1. The highest BCUT2D eigenvalue weighted by molar-refractivity contribution is 7.91. The van der Waals surface area contributed by atoms with Gasteiger partial charge in [-0.15, -0.1) is 0 Å². The molecule has 15 heavy (non-hydrogen) atoms. The smallest absolute Gasteiger partial charge is 0.153 e. The van der Waals surface area contributed by atoms with E-state index < -0.39 is 21.0 Å². The average Bonchev–Trinajstić information content (AvgIpc) is 2.44. The van der Waals surface area contributed by atoms with E-state index in [1.54, 1.807) is 0 Å². The molecule has 2 rings (SSSR count). The maximum atomic E-state index is 11.4. The topological polar surface area (TPSA) is 92.4 Å². The third-order valence-corrected chi connectivity index (χ3v) is 5.37. The molecule has 2 heterocycles. The second-order valence-electron chi connectivity index (χ2n) is 4.81.